The van der Waals surface area contributed by atoms with Crippen LogP contribution >= 0.6 is 0 Å². The molecule has 0 spiro atoms. The van der Waals surface area contributed by atoms with Gasteiger partial charge in [0.25, 0.3) is 5.69 Å². The maximum absolute atomic E-state index is 12.5. The molecule has 110 valence electrons. The van der Waals surface area contributed by atoms with Crippen LogP contribution < -0.4 is 4.74 Å². The van der Waals surface area contributed by atoms with E-state index >= 15 is 0 Å². The van der Waals surface area contributed by atoms with Crippen molar-refractivity contribution in [1.82, 2.24) is 4.98 Å². The van der Waals surface area contributed by atoms with Crippen LogP contribution in [0.25, 0.3) is 10.9 Å². The van der Waals surface area contributed by atoms with Crippen molar-refractivity contribution in [3.63, 3.8) is 0 Å². The number of ketones is 1. The molecule has 0 aliphatic carbocycles. The number of non-ortho nitro benzene ring substituents is 1. The van der Waals surface area contributed by atoms with Crippen molar-refractivity contribution in [2.24, 2.45) is 0 Å². The van der Waals surface area contributed by atoms with Crippen LogP contribution in [0.3, 0.4) is 0 Å². The Kier molecular flexibility index (Phi) is 3.34. The van der Waals surface area contributed by atoms with Crippen molar-refractivity contribution in [3.05, 3.63) is 69.9 Å². The predicted molar refractivity (Wildman–Crippen MR) is 81.4 cm³/mol. The number of aromatic nitrogens is 1. The van der Waals surface area contributed by atoms with Gasteiger partial charge in [-0.3, -0.25) is 14.9 Å². The van der Waals surface area contributed by atoms with Crippen molar-refractivity contribution in [2.75, 3.05) is 7.11 Å². The summed E-state index contributed by atoms with van der Waals surface area (Å²) in [5.41, 5.74) is 1.55. The van der Waals surface area contributed by atoms with Crippen LogP contribution in [-0.2, 0) is 0 Å². The van der Waals surface area contributed by atoms with Crippen LogP contribution in [-0.4, -0.2) is 22.8 Å². The van der Waals surface area contributed by atoms with Crippen LogP contribution in [0.5, 0.6) is 5.75 Å². The number of rotatable bonds is 4. The number of carbonyl (C=O) groups is 1. The summed E-state index contributed by atoms with van der Waals surface area (Å²) in [7, 11) is 1.56. The average Bonchev–Trinajstić information content (AvgIpc) is 2.97. The molecule has 1 aromatic heterocycles. The van der Waals surface area contributed by atoms with Crippen LogP contribution in [0.15, 0.2) is 48.7 Å². The minimum Gasteiger partial charge on any atom is -0.497 e. The maximum atomic E-state index is 12.5. The predicted octanol–water partition coefficient (Wildman–Crippen LogP) is 3.32. The number of fused-ring (bicyclic) bond motifs is 1. The monoisotopic (exact) mass is 296 g/mol. The molecule has 0 aliphatic rings. The van der Waals surface area contributed by atoms with Crippen molar-refractivity contribution in [3.8, 4) is 5.75 Å². The molecule has 2 aromatic carbocycles. The number of benzene rings is 2. The van der Waals surface area contributed by atoms with Gasteiger partial charge in [-0.05, 0) is 30.3 Å². The highest BCUT2D eigenvalue weighted by atomic mass is 16.6. The molecule has 0 saturated heterocycles. The Morgan fingerprint density at radius 2 is 1.91 bits per heavy atom. The molecule has 0 fully saturated rings. The lowest BCUT2D eigenvalue weighted by molar-refractivity contribution is -0.384. The molecule has 0 aliphatic heterocycles. The van der Waals surface area contributed by atoms with Crippen molar-refractivity contribution in [2.45, 2.75) is 0 Å². The van der Waals surface area contributed by atoms with E-state index in [9.17, 15) is 14.9 Å². The van der Waals surface area contributed by atoms with E-state index in [4.69, 9.17) is 4.74 Å². The number of hydrogen-bond acceptors (Lipinski definition) is 4. The largest absolute Gasteiger partial charge is 0.497 e. The molecule has 1 heterocycles. The van der Waals surface area contributed by atoms with E-state index in [1.165, 1.54) is 12.1 Å². The number of H-pyrrole nitrogens is 1. The summed E-state index contributed by atoms with van der Waals surface area (Å²) in [5.74, 6) is 0.522. The fraction of sp³-hybridized carbons (Fsp3) is 0.0625. The topological polar surface area (TPSA) is 85.2 Å². The zero-order valence-electron chi connectivity index (χ0n) is 11.7. The Balaban J connectivity index is 2.01. The number of nitrogens with zero attached hydrogens (tertiary/aromatic N) is 1. The molecule has 6 heteroatoms. The third-order valence-electron chi connectivity index (χ3n) is 3.47. The molecular weight excluding hydrogens is 284 g/mol. The smallest absolute Gasteiger partial charge is 0.271 e. The molecule has 0 saturated carbocycles. The number of ether oxygens (including phenoxy) is 1. The highest BCUT2D eigenvalue weighted by Gasteiger charge is 2.16. The molecule has 0 unspecified atom stereocenters. The summed E-state index contributed by atoms with van der Waals surface area (Å²) in [5, 5.41) is 11.4. The second-order valence-corrected chi connectivity index (χ2v) is 4.75. The van der Waals surface area contributed by atoms with Crippen molar-refractivity contribution >= 4 is 22.4 Å². The van der Waals surface area contributed by atoms with E-state index in [1.54, 1.807) is 43.6 Å². The number of nitro benzene ring substituents is 1. The zero-order chi connectivity index (χ0) is 15.7. The first-order valence-electron chi connectivity index (χ1n) is 6.54. The highest BCUT2D eigenvalue weighted by molar-refractivity contribution is 6.16. The third-order valence-corrected chi connectivity index (χ3v) is 3.47. The lowest BCUT2D eigenvalue weighted by Gasteiger charge is -2.02. The lowest BCUT2D eigenvalue weighted by Crippen LogP contribution is -2.00. The number of nitrogens with one attached hydrogen (secondary N) is 1. The lowest BCUT2D eigenvalue weighted by atomic mass is 10.0. The molecule has 1 N–H and O–H groups in total. The quantitative estimate of drug-likeness (QED) is 0.454. The number of nitro groups is 1. The summed E-state index contributed by atoms with van der Waals surface area (Å²) in [4.78, 5) is 25.8. The fourth-order valence-corrected chi connectivity index (χ4v) is 2.31. The van der Waals surface area contributed by atoms with E-state index in [2.05, 4.69) is 4.98 Å². The average molecular weight is 296 g/mol. The molecule has 22 heavy (non-hydrogen) atoms. The van der Waals surface area contributed by atoms with Crippen molar-refractivity contribution in [1.29, 1.82) is 0 Å². The van der Waals surface area contributed by atoms with Crippen LogP contribution in [0, 0.1) is 10.1 Å². The molecule has 3 rings (SSSR count). The van der Waals surface area contributed by atoms with Gasteiger partial charge in [-0.15, -0.1) is 0 Å². The number of hydrogen-bond donors (Lipinski definition) is 1. The number of methoxy groups -OCH3 is 1. The van der Waals surface area contributed by atoms with Gasteiger partial charge in [-0.2, -0.15) is 0 Å². The van der Waals surface area contributed by atoms with Crippen molar-refractivity contribution < 1.29 is 14.5 Å². The minimum absolute atomic E-state index is 0.0159. The Labute approximate surface area is 125 Å². The first-order chi connectivity index (χ1) is 10.6. The fourth-order valence-electron chi connectivity index (χ4n) is 2.31. The van der Waals surface area contributed by atoms with Gasteiger partial charge in [0.05, 0.1) is 17.5 Å². The number of aromatic amines is 1. The molecule has 6 nitrogen and oxygen atoms in total. The van der Waals surface area contributed by atoms with Crippen LogP contribution in [0.1, 0.15) is 15.9 Å². The summed E-state index contributed by atoms with van der Waals surface area (Å²) in [6.07, 6.45) is 1.57. The Morgan fingerprint density at radius 1 is 1.18 bits per heavy atom. The van der Waals surface area contributed by atoms with Gasteiger partial charge in [0, 0.05) is 34.8 Å². The highest BCUT2D eigenvalue weighted by Crippen LogP contribution is 2.25. The summed E-state index contributed by atoms with van der Waals surface area (Å²) in [6.45, 7) is 0. The van der Waals surface area contributed by atoms with Crippen LogP contribution in [0.4, 0.5) is 5.69 Å². The molecule has 3 aromatic rings. The SMILES string of the molecule is COc1ccc(C(=O)c2c[nH]c3cc([N+](=O)[O-])ccc23)cc1. The zero-order valence-corrected chi connectivity index (χ0v) is 11.7. The Bertz CT molecular complexity index is 865. The van der Waals surface area contributed by atoms with E-state index in [1.807, 2.05) is 0 Å². The first-order valence-corrected chi connectivity index (χ1v) is 6.54. The second-order valence-electron chi connectivity index (χ2n) is 4.75. The summed E-state index contributed by atoms with van der Waals surface area (Å²) >= 11 is 0. The van der Waals surface area contributed by atoms with E-state index in [0.29, 0.717) is 27.8 Å². The first kappa shape index (κ1) is 13.8. The normalized spacial score (nSPS) is 10.6. The van der Waals surface area contributed by atoms with Gasteiger partial charge in [0.2, 0.25) is 0 Å². The molecule has 0 amide bonds. The van der Waals surface area contributed by atoms with Gasteiger partial charge >= 0.3 is 0 Å². The maximum Gasteiger partial charge on any atom is 0.271 e. The molecular formula is C16H12N2O4. The van der Waals surface area contributed by atoms with Gasteiger partial charge in [-0.25, -0.2) is 0 Å². The van der Waals surface area contributed by atoms with E-state index in [-0.39, 0.29) is 11.5 Å². The molecule has 0 atom stereocenters. The third kappa shape index (κ3) is 2.31. The molecule has 0 radical (unpaired) electrons. The summed E-state index contributed by atoms with van der Waals surface area (Å²) in [6, 6.07) is 11.2. The second kappa shape index (κ2) is 5.33. The molecule has 0 bridgehead atoms. The van der Waals surface area contributed by atoms with Gasteiger partial charge in [0.1, 0.15) is 5.75 Å². The van der Waals surface area contributed by atoms with E-state index in [0.717, 1.165) is 0 Å². The summed E-state index contributed by atoms with van der Waals surface area (Å²) < 4.78 is 5.06. The van der Waals surface area contributed by atoms with Gasteiger partial charge < -0.3 is 9.72 Å². The Morgan fingerprint density at radius 3 is 2.55 bits per heavy atom. The minimum atomic E-state index is -0.467. The number of carbonyl (C=O) groups excluding carboxylic acids is 1. The Hall–Kier alpha value is -3.15. The van der Waals surface area contributed by atoms with Gasteiger partial charge in [-0.1, -0.05) is 0 Å². The van der Waals surface area contributed by atoms with Gasteiger partial charge in [0.15, 0.2) is 5.78 Å². The standard InChI is InChI=1S/C16H12N2O4/c1-22-12-5-2-10(3-6-12)16(19)14-9-17-15-8-11(18(20)21)4-7-13(14)15/h2-9,17H,1H3. The van der Waals surface area contributed by atoms with Crippen LogP contribution in [0.2, 0.25) is 0 Å². The van der Waals surface area contributed by atoms with E-state index < -0.39 is 4.92 Å².